The Hall–Kier alpha value is -4.05. The van der Waals surface area contributed by atoms with E-state index in [2.05, 4.69) is 15.5 Å². The van der Waals surface area contributed by atoms with Gasteiger partial charge in [-0.05, 0) is 11.1 Å². The molecule has 3 N–H and O–H groups in total. The topological polar surface area (TPSA) is 133 Å². The van der Waals surface area contributed by atoms with Crippen LogP contribution in [0.5, 0.6) is 0 Å². The van der Waals surface area contributed by atoms with Gasteiger partial charge in [0.2, 0.25) is 18.7 Å². The van der Waals surface area contributed by atoms with Crippen molar-refractivity contribution in [2.45, 2.75) is 6.10 Å². The standard InChI is InChI=1S/C21H18N4O5S/c22-20(28)18(21-24-16(12-31-21)23-13-26)25-29-11-17(27)30-19(14-7-3-1-4-8-14)15-9-5-2-6-10-15/h1-10,12-13,19H,11H2,(H2,22,28)(H,23,26). The first kappa shape index (κ1) is 21.7. The van der Waals surface area contributed by atoms with Crippen LogP contribution in [-0.4, -0.2) is 35.6 Å². The number of aromatic nitrogens is 1. The third-order valence-corrected chi connectivity index (χ3v) is 4.79. The van der Waals surface area contributed by atoms with Gasteiger partial charge in [0.15, 0.2) is 11.1 Å². The zero-order valence-corrected chi connectivity index (χ0v) is 17.0. The molecule has 1 aromatic heterocycles. The van der Waals surface area contributed by atoms with Crippen molar-refractivity contribution in [3.8, 4) is 0 Å². The Morgan fingerprint density at radius 1 is 1.10 bits per heavy atom. The van der Waals surface area contributed by atoms with Gasteiger partial charge in [-0.3, -0.25) is 9.59 Å². The van der Waals surface area contributed by atoms with E-state index in [0.29, 0.717) is 6.41 Å². The fourth-order valence-electron chi connectivity index (χ4n) is 2.60. The van der Waals surface area contributed by atoms with Crippen LogP contribution in [0.15, 0.2) is 71.2 Å². The summed E-state index contributed by atoms with van der Waals surface area (Å²) >= 11 is 1.03. The van der Waals surface area contributed by atoms with E-state index in [1.807, 2.05) is 60.7 Å². The van der Waals surface area contributed by atoms with Crippen LogP contribution in [0, 0.1) is 0 Å². The number of amides is 2. The molecule has 0 saturated heterocycles. The number of nitrogens with zero attached hydrogens (tertiary/aromatic N) is 2. The number of thiazole rings is 1. The van der Waals surface area contributed by atoms with Crippen molar-refractivity contribution in [3.05, 3.63) is 82.2 Å². The number of ether oxygens (including phenoxy) is 1. The number of benzene rings is 2. The summed E-state index contributed by atoms with van der Waals surface area (Å²) in [4.78, 5) is 43.5. The fraction of sp³-hybridized carbons (Fsp3) is 0.0952. The number of nitrogens with one attached hydrogen (secondary N) is 1. The normalized spacial score (nSPS) is 11.1. The van der Waals surface area contributed by atoms with Crippen LogP contribution < -0.4 is 11.1 Å². The van der Waals surface area contributed by atoms with E-state index in [9.17, 15) is 14.4 Å². The molecule has 0 atom stereocenters. The van der Waals surface area contributed by atoms with Crippen LogP contribution in [0.25, 0.3) is 0 Å². The molecule has 0 bridgehead atoms. The highest BCUT2D eigenvalue weighted by Gasteiger charge is 2.20. The van der Waals surface area contributed by atoms with Crippen LogP contribution >= 0.6 is 11.3 Å². The van der Waals surface area contributed by atoms with Crippen molar-refractivity contribution in [1.82, 2.24) is 4.98 Å². The third-order valence-electron chi connectivity index (χ3n) is 3.94. The zero-order valence-electron chi connectivity index (χ0n) is 16.1. The largest absolute Gasteiger partial charge is 0.450 e. The van der Waals surface area contributed by atoms with E-state index >= 15 is 0 Å². The predicted octanol–water partition coefficient (Wildman–Crippen LogP) is 2.25. The number of carbonyl (C=O) groups excluding carboxylic acids is 3. The number of hydrogen-bond donors (Lipinski definition) is 2. The minimum Gasteiger partial charge on any atom is -0.450 e. The molecule has 0 aliphatic heterocycles. The summed E-state index contributed by atoms with van der Waals surface area (Å²) in [6, 6.07) is 18.5. The minimum atomic E-state index is -0.896. The average molecular weight is 438 g/mol. The molecule has 0 spiro atoms. The lowest BCUT2D eigenvalue weighted by Crippen LogP contribution is -2.25. The molecule has 9 nitrogen and oxygen atoms in total. The smallest absolute Gasteiger partial charge is 0.347 e. The molecule has 0 radical (unpaired) electrons. The highest BCUT2D eigenvalue weighted by atomic mass is 32.1. The Labute approximate surface area is 181 Å². The summed E-state index contributed by atoms with van der Waals surface area (Å²) in [5.41, 5.74) is 6.62. The number of carbonyl (C=O) groups is 3. The highest BCUT2D eigenvalue weighted by molar-refractivity contribution is 7.13. The number of anilines is 1. The van der Waals surface area contributed by atoms with Gasteiger partial charge in [0, 0.05) is 5.38 Å². The number of nitrogens with two attached hydrogens (primary N) is 1. The lowest BCUT2D eigenvalue weighted by Gasteiger charge is -2.18. The van der Waals surface area contributed by atoms with Crippen molar-refractivity contribution < 1.29 is 24.0 Å². The Morgan fingerprint density at radius 3 is 2.26 bits per heavy atom. The second-order valence-corrected chi connectivity index (χ2v) is 6.93. The first-order valence-corrected chi connectivity index (χ1v) is 9.91. The Morgan fingerprint density at radius 2 is 1.71 bits per heavy atom. The minimum absolute atomic E-state index is 0.136. The summed E-state index contributed by atoms with van der Waals surface area (Å²) in [5, 5.41) is 7.61. The highest BCUT2D eigenvalue weighted by Crippen LogP contribution is 2.26. The number of esters is 1. The van der Waals surface area contributed by atoms with Crippen molar-refractivity contribution in [1.29, 1.82) is 0 Å². The molecule has 158 valence electrons. The maximum Gasteiger partial charge on any atom is 0.347 e. The van der Waals surface area contributed by atoms with Gasteiger partial charge >= 0.3 is 5.97 Å². The van der Waals surface area contributed by atoms with Crippen LogP contribution in [0.3, 0.4) is 0 Å². The monoisotopic (exact) mass is 438 g/mol. The Balaban J connectivity index is 1.69. The van der Waals surface area contributed by atoms with Gasteiger partial charge < -0.3 is 20.6 Å². The van der Waals surface area contributed by atoms with Gasteiger partial charge in [-0.15, -0.1) is 11.3 Å². The van der Waals surface area contributed by atoms with Crippen molar-refractivity contribution in [2.75, 3.05) is 11.9 Å². The molecule has 3 aromatic rings. The summed E-state index contributed by atoms with van der Waals surface area (Å²) in [6.07, 6.45) is -0.184. The second-order valence-electron chi connectivity index (χ2n) is 6.07. The van der Waals surface area contributed by atoms with Gasteiger partial charge in [-0.1, -0.05) is 65.8 Å². The van der Waals surface area contributed by atoms with Crippen molar-refractivity contribution >= 4 is 41.2 Å². The summed E-state index contributed by atoms with van der Waals surface area (Å²) in [5.74, 6) is -1.35. The second kappa shape index (κ2) is 10.6. The molecule has 1 heterocycles. The molecule has 0 aliphatic carbocycles. The molecule has 2 aromatic carbocycles. The number of rotatable bonds is 10. The lowest BCUT2D eigenvalue weighted by atomic mass is 10.0. The Kier molecular flexibility index (Phi) is 7.44. The van der Waals surface area contributed by atoms with Gasteiger partial charge in [-0.2, -0.15) is 0 Å². The maximum atomic E-state index is 12.4. The molecule has 0 fully saturated rings. The van der Waals surface area contributed by atoms with Gasteiger partial charge in [0.05, 0.1) is 0 Å². The predicted molar refractivity (Wildman–Crippen MR) is 114 cm³/mol. The quantitative estimate of drug-likeness (QED) is 0.216. The van der Waals surface area contributed by atoms with Gasteiger partial charge in [0.25, 0.3) is 5.91 Å². The lowest BCUT2D eigenvalue weighted by molar-refractivity contribution is -0.153. The molecular weight excluding hydrogens is 420 g/mol. The van der Waals surface area contributed by atoms with Crippen LogP contribution in [0.2, 0.25) is 0 Å². The van der Waals surface area contributed by atoms with Gasteiger partial charge in [-0.25, -0.2) is 9.78 Å². The first-order chi connectivity index (χ1) is 15.1. The van der Waals surface area contributed by atoms with Crippen molar-refractivity contribution in [3.63, 3.8) is 0 Å². The molecular formula is C21H18N4O5S. The van der Waals surface area contributed by atoms with Crippen LogP contribution in [0.4, 0.5) is 5.82 Å². The number of hydrogen-bond acceptors (Lipinski definition) is 8. The van der Waals surface area contributed by atoms with E-state index in [1.165, 1.54) is 5.38 Å². The van der Waals surface area contributed by atoms with Crippen LogP contribution in [-0.2, 0) is 24.0 Å². The van der Waals surface area contributed by atoms with Crippen molar-refractivity contribution in [2.24, 2.45) is 10.9 Å². The van der Waals surface area contributed by atoms with E-state index < -0.39 is 24.6 Å². The van der Waals surface area contributed by atoms with E-state index in [0.717, 1.165) is 22.5 Å². The third kappa shape index (κ3) is 5.97. The molecule has 0 aliphatic rings. The molecule has 10 heteroatoms. The SMILES string of the molecule is NC(=O)C(=NOCC(=O)OC(c1ccccc1)c1ccccc1)c1nc(NC=O)cs1. The number of primary amides is 1. The summed E-state index contributed by atoms with van der Waals surface area (Å²) in [6.45, 7) is -0.544. The van der Waals surface area contributed by atoms with Crippen LogP contribution in [0.1, 0.15) is 22.2 Å². The molecule has 0 unspecified atom stereocenters. The summed E-state index contributed by atoms with van der Waals surface area (Å²) < 4.78 is 5.60. The van der Waals surface area contributed by atoms with E-state index in [1.54, 1.807) is 0 Å². The number of oxime groups is 1. The molecule has 3 rings (SSSR count). The first-order valence-electron chi connectivity index (χ1n) is 9.03. The van der Waals surface area contributed by atoms with E-state index in [-0.39, 0.29) is 16.5 Å². The zero-order chi connectivity index (χ0) is 22.1. The average Bonchev–Trinajstić information content (AvgIpc) is 3.24. The molecule has 31 heavy (non-hydrogen) atoms. The van der Waals surface area contributed by atoms with E-state index in [4.69, 9.17) is 15.3 Å². The maximum absolute atomic E-state index is 12.4. The molecule has 2 amide bonds. The summed E-state index contributed by atoms with van der Waals surface area (Å²) in [7, 11) is 0. The Bertz CT molecular complexity index is 1030. The van der Waals surface area contributed by atoms with Gasteiger partial charge in [0.1, 0.15) is 5.82 Å². The molecule has 0 saturated carbocycles. The fourth-order valence-corrected chi connectivity index (χ4v) is 3.34.